The number of halogens is 2. The van der Waals surface area contributed by atoms with Crippen LogP contribution in [0.4, 0.5) is 0 Å². The second kappa shape index (κ2) is 8.95. The van der Waals surface area contributed by atoms with Gasteiger partial charge in [0, 0.05) is 0 Å². The average molecular weight is 367 g/mol. The Balaban J connectivity index is 1.32. The lowest BCUT2D eigenvalue weighted by Crippen LogP contribution is -2.14. The lowest BCUT2D eigenvalue weighted by molar-refractivity contribution is 0.246. The minimum Gasteiger partial charge on any atom is -0.0827 e. The van der Waals surface area contributed by atoms with Crippen LogP contribution in [0.25, 0.3) is 0 Å². The van der Waals surface area contributed by atoms with Gasteiger partial charge in [-0.25, -0.2) is 0 Å². The molecule has 0 bridgehead atoms. The number of hydrogen-bond acceptors (Lipinski definition) is 0. The fraction of sp³-hybridized carbons (Fsp3) is 0.727. The van der Waals surface area contributed by atoms with Crippen LogP contribution < -0.4 is 0 Å². The van der Waals surface area contributed by atoms with Crippen molar-refractivity contribution in [1.29, 1.82) is 0 Å². The minimum absolute atomic E-state index is 0.717. The van der Waals surface area contributed by atoms with Gasteiger partial charge in [-0.3, -0.25) is 0 Å². The van der Waals surface area contributed by atoms with Crippen molar-refractivity contribution < 1.29 is 0 Å². The van der Waals surface area contributed by atoms with E-state index in [1.54, 1.807) is 0 Å². The Hall–Kier alpha value is -0.200. The summed E-state index contributed by atoms with van der Waals surface area (Å²) in [4.78, 5) is 0. The van der Waals surface area contributed by atoms with Crippen molar-refractivity contribution in [2.75, 3.05) is 0 Å². The number of hydrogen-bond donors (Lipinski definition) is 0. The quantitative estimate of drug-likeness (QED) is 0.430. The summed E-state index contributed by atoms with van der Waals surface area (Å²) in [6.07, 6.45) is 16.9. The molecule has 1 aromatic rings. The molecule has 0 saturated heterocycles. The summed E-state index contributed by atoms with van der Waals surface area (Å²) < 4.78 is 0. The van der Waals surface area contributed by atoms with Crippen LogP contribution in [0.15, 0.2) is 12.1 Å². The van der Waals surface area contributed by atoms with E-state index in [2.05, 4.69) is 19.1 Å². The smallest absolute Gasteiger partial charge is 0.0595 e. The van der Waals surface area contributed by atoms with Gasteiger partial charge in [0.1, 0.15) is 0 Å². The number of fused-ring (bicyclic) bond motifs is 1. The maximum atomic E-state index is 6.15. The molecule has 0 unspecified atom stereocenters. The summed E-state index contributed by atoms with van der Waals surface area (Å²) in [6, 6.07) is 4.18. The molecule has 0 spiro atoms. The second-order valence-electron chi connectivity index (χ2n) is 8.27. The van der Waals surface area contributed by atoms with Gasteiger partial charge < -0.3 is 0 Å². The Morgan fingerprint density at radius 1 is 0.750 bits per heavy atom. The SMILES string of the molecule is CCCC1CCC(CCCCC2Cc3cc(Cl)c(Cl)cc3C2)CC1. The van der Waals surface area contributed by atoms with E-state index < -0.39 is 0 Å². The van der Waals surface area contributed by atoms with Crippen LogP contribution in [-0.2, 0) is 12.8 Å². The molecule has 2 heteroatoms. The van der Waals surface area contributed by atoms with E-state index in [9.17, 15) is 0 Å². The highest BCUT2D eigenvalue weighted by Gasteiger charge is 2.23. The van der Waals surface area contributed by atoms with E-state index in [1.165, 1.54) is 88.2 Å². The summed E-state index contributed by atoms with van der Waals surface area (Å²) in [7, 11) is 0. The largest absolute Gasteiger partial charge is 0.0827 e. The normalized spacial score (nSPS) is 24.3. The van der Waals surface area contributed by atoms with Crippen molar-refractivity contribution in [2.45, 2.75) is 84.0 Å². The molecule has 3 rings (SSSR count). The molecule has 0 N–H and O–H groups in total. The summed E-state index contributed by atoms with van der Waals surface area (Å²) >= 11 is 12.3. The third kappa shape index (κ3) is 4.92. The molecule has 0 nitrogen and oxygen atoms in total. The highest BCUT2D eigenvalue weighted by molar-refractivity contribution is 6.42. The van der Waals surface area contributed by atoms with Gasteiger partial charge >= 0.3 is 0 Å². The first-order valence-corrected chi connectivity index (χ1v) is 10.9. The zero-order chi connectivity index (χ0) is 16.9. The zero-order valence-corrected chi connectivity index (χ0v) is 16.6. The van der Waals surface area contributed by atoms with E-state index >= 15 is 0 Å². The van der Waals surface area contributed by atoms with E-state index in [4.69, 9.17) is 23.2 Å². The molecule has 1 saturated carbocycles. The maximum Gasteiger partial charge on any atom is 0.0595 e. The second-order valence-corrected chi connectivity index (χ2v) is 9.08. The molecule has 0 heterocycles. The molecular weight excluding hydrogens is 335 g/mol. The van der Waals surface area contributed by atoms with Crippen molar-refractivity contribution in [3.8, 4) is 0 Å². The van der Waals surface area contributed by atoms with Crippen LogP contribution in [-0.4, -0.2) is 0 Å². The highest BCUT2D eigenvalue weighted by atomic mass is 35.5. The summed E-state index contributed by atoms with van der Waals surface area (Å²) in [5, 5.41) is 1.43. The third-order valence-electron chi connectivity index (χ3n) is 6.40. The van der Waals surface area contributed by atoms with Gasteiger partial charge in [-0.1, -0.05) is 87.9 Å². The van der Waals surface area contributed by atoms with Crippen LogP contribution in [0.2, 0.25) is 10.0 Å². The lowest BCUT2D eigenvalue weighted by Gasteiger charge is -2.28. The standard InChI is InChI=1S/C22H32Cl2/c1-2-5-16-8-10-17(11-9-16)6-3-4-7-18-12-19-14-21(23)22(24)15-20(19)13-18/h14-18H,2-13H2,1H3. The van der Waals surface area contributed by atoms with Gasteiger partial charge in [-0.15, -0.1) is 0 Å². The van der Waals surface area contributed by atoms with Gasteiger partial charge in [0.15, 0.2) is 0 Å². The van der Waals surface area contributed by atoms with Crippen molar-refractivity contribution in [1.82, 2.24) is 0 Å². The van der Waals surface area contributed by atoms with Crippen LogP contribution in [0.5, 0.6) is 0 Å². The summed E-state index contributed by atoms with van der Waals surface area (Å²) in [6.45, 7) is 2.33. The van der Waals surface area contributed by atoms with Crippen LogP contribution in [0.3, 0.4) is 0 Å². The Morgan fingerprint density at radius 3 is 1.71 bits per heavy atom. The summed E-state index contributed by atoms with van der Waals surface area (Å²) in [5.41, 5.74) is 2.87. The molecule has 0 aromatic heterocycles. The Morgan fingerprint density at radius 2 is 1.21 bits per heavy atom. The van der Waals surface area contributed by atoms with E-state index in [-0.39, 0.29) is 0 Å². The minimum atomic E-state index is 0.717. The molecule has 1 fully saturated rings. The lowest BCUT2D eigenvalue weighted by atomic mass is 9.78. The molecule has 0 radical (unpaired) electrons. The molecule has 2 aliphatic carbocycles. The molecule has 24 heavy (non-hydrogen) atoms. The van der Waals surface area contributed by atoms with Crippen molar-refractivity contribution >= 4 is 23.2 Å². The van der Waals surface area contributed by atoms with Crippen molar-refractivity contribution in [3.63, 3.8) is 0 Å². The Kier molecular flexibility index (Phi) is 6.93. The van der Waals surface area contributed by atoms with Crippen LogP contribution in [0.1, 0.15) is 82.3 Å². The number of rotatable bonds is 7. The van der Waals surface area contributed by atoms with E-state index in [0.717, 1.165) is 27.8 Å². The fourth-order valence-electron chi connectivity index (χ4n) is 4.99. The number of benzene rings is 1. The number of unbranched alkanes of at least 4 members (excludes halogenated alkanes) is 1. The predicted octanol–water partition coefficient (Wildman–Crippen LogP) is 7.88. The van der Waals surface area contributed by atoms with E-state index in [0.29, 0.717) is 0 Å². The fourth-order valence-corrected chi connectivity index (χ4v) is 5.36. The third-order valence-corrected chi connectivity index (χ3v) is 7.12. The molecule has 0 aliphatic heterocycles. The molecule has 0 atom stereocenters. The topological polar surface area (TPSA) is 0 Å². The maximum absolute atomic E-state index is 6.15. The van der Waals surface area contributed by atoms with Gasteiger partial charge in [-0.2, -0.15) is 0 Å². The van der Waals surface area contributed by atoms with Crippen molar-refractivity contribution in [2.24, 2.45) is 17.8 Å². The van der Waals surface area contributed by atoms with Crippen molar-refractivity contribution in [3.05, 3.63) is 33.3 Å². The molecule has 2 aliphatic rings. The molecular formula is C22H32Cl2. The highest BCUT2D eigenvalue weighted by Crippen LogP contribution is 2.37. The average Bonchev–Trinajstić information content (AvgIpc) is 2.95. The van der Waals surface area contributed by atoms with E-state index in [1.807, 2.05) is 0 Å². The first kappa shape index (κ1) is 18.6. The molecule has 134 valence electrons. The Bertz CT molecular complexity index is 498. The molecule has 1 aromatic carbocycles. The molecule has 0 amide bonds. The van der Waals surface area contributed by atoms with Crippen LogP contribution >= 0.6 is 23.2 Å². The Labute approximate surface area is 158 Å². The van der Waals surface area contributed by atoms with Crippen LogP contribution in [0, 0.1) is 17.8 Å². The monoisotopic (exact) mass is 366 g/mol. The first-order chi connectivity index (χ1) is 11.7. The zero-order valence-electron chi connectivity index (χ0n) is 15.1. The predicted molar refractivity (Wildman–Crippen MR) is 106 cm³/mol. The van der Waals surface area contributed by atoms with Gasteiger partial charge in [-0.05, 0) is 60.3 Å². The van der Waals surface area contributed by atoms with Gasteiger partial charge in [0.2, 0.25) is 0 Å². The summed E-state index contributed by atoms with van der Waals surface area (Å²) in [5.74, 6) is 2.88. The first-order valence-electron chi connectivity index (χ1n) is 10.1. The van der Waals surface area contributed by atoms with Gasteiger partial charge in [0.25, 0.3) is 0 Å². The van der Waals surface area contributed by atoms with Gasteiger partial charge in [0.05, 0.1) is 10.0 Å².